The fourth-order valence-corrected chi connectivity index (χ4v) is 2.65. The molecule has 1 heterocycles. The average molecular weight is 346 g/mol. The van der Waals surface area contributed by atoms with E-state index >= 15 is 0 Å². The van der Waals surface area contributed by atoms with Gasteiger partial charge in [0, 0.05) is 24.5 Å². The molecule has 0 fully saturated rings. The first kappa shape index (κ1) is 13.6. The highest BCUT2D eigenvalue weighted by atomic mass is 79.9. The van der Waals surface area contributed by atoms with Crippen molar-refractivity contribution in [2.75, 3.05) is 5.32 Å². The van der Waals surface area contributed by atoms with Crippen LogP contribution in [-0.2, 0) is 6.54 Å². The summed E-state index contributed by atoms with van der Waals surface area (Å²) in [5.41, 5.74) is 2.96. The Hall–Kier alpha value is -2.34. The zero-order chi connectivity index (χ0) is 14.8. The minimum atomic E-state index is -0.402. The van der Waals surface area contributed by atoms with E-state index in [9.17, 15) is 10.1 Å². The van der Waals surface area contributed by atoms with Crippen molar-refractivity contribution >= 4 is 38.2 Å². The average Bonchev–Trinajstić information content (AvgIpc) is 2.95. The van der Waals surface area contributed by atoms with E-state index in [-0.39, 0.29) is 5.69 Å². The SMILES string of the molecule is O=[N+]([O-])c1cc(NCc2cccc3cc[nH]c23)ccc1Br. The van der Waals surface area contributed by atoms with Crippen molar-refractivity contribution in [3.63, 3.8) is 0 Å². The number of anilines is 1. The summed E-state index contributed by atoms with van der Waals surface area (Å²) in [6.45, 7) is 0.594. The maximum absolute atomic E-state index is 10.9. The second-order valence-corrected chi connectivity index (χ2v) is 5.49. The van der Waals surface area contributed by atoms with E-state index in [0.29, 0.717) is 16.7 Å². The van der Waals surface area contributed by atoms with Crippen LogP contribution >= 0.6 is 15.9 Å². The van der Waals surface area contributed by atoms with E-state index < -0.39 is 4.92 Å². The summed E-state index contributed by atoms with van der Waals surface area (Å²) >= 11 is 3.18. The van der Waals surface area contributed by atoms with Gasteiger partial charge in [0.2, 0.25) is 0 Å². The van der Waals surface area contributed by atoms with Crippen LogP contribution in [0, 0.1) is 10.1 Å². The van der Waals surface area contributed by atoms with Gasteiger partial charge in [-0.05, 0) is 45.1 Å². The number of hydrogen-bond acceptors (Lipinski definition) is 3. The molecular formula is C15H12BrN3O2. The van der Waals surface area contributed by atoms with E-state index in [1.807, 2.05) is 36.5 Å². The highest BCUT2D eigenvalue weighted by Gasteiger charge is 2.12. The lowest BCUT2D eigenvalue weighted by molar-refractivity contribution is -0.385. The van der Waals surface area contributed by atoms with E-state index in [1.54, 1.807) is 6.07 Å². The van der Waals surface area contributed by atoms with Crippen molar-refractivity contribution in [1.82, 2.24) is 4.98 Å². The van der Waals surface area contributed by atoms with Crippen molar-refractivity contribution < 1.29 is 4.92 Å². The molecule has 0 radical (unpaired) electrons. The molecular weight excluding hydrogens is 334 g/mol. The summed E-state index contributed by atoms with van der Waals surface area (Å²) in [5, 5.41) is 15.3. The Bertz CT molecular complexity index is 814. The number of fused-ring (bicyclic) bond motifs is 1. The third kappa shape index (κ3) is 2.75. The molecule has 0 saturated carbocycles. The Morgan fingerprint density at radius 3 is 2.90 bits per heavy atom. The lowest BCUT2D eigenvalue weighted by Gasteiger charge is -2.08. The number of aromatic amines is 1. The van der Waals surface area contributed by atoms with Gasteiger partial charge in [0.15, 0.2) is 0 Å². The largest absolute Gasteiger partial charge is 0.381 e. The summed E-state index contributed by atoms with van der Waals surface area (Å²) in [4.78, 5) is 13.7. The summed E-state index contributed by atoms with van der Waals surface area (Å²) < 4.78 is 0.476. The molecule has 2 aromatic carbocycles. The van der Waals surface area contributed by atoms with Crippen LogP contribution in [0.5, 0.6) is 0 Å². The number of nitrogens with zero attached hydrogens (tertiary/aromatic N) is 1. The number of halogens is 1. The standard InChI is InChI=1S/C15H12BrN3O2/c16-13-5-4-12(8-14(13)19(20)21)18-9-11-3-1-2-10-6-7-17-15(10)11/h1-8,17-18H,9H2. The minimum Gasteiger partial charge on any atom is -0.381 e. The normalized spacial score (nSPS) is 10.7. The summed E-state index contributed by atoms with van der Waals surface area (Å²) in [7, 11) is 0. The Morgan fingerprint density at radius 2 is 2.10 bits per heavy atom. The first-order valence-electron chi connectivity index (χ1n) is 6.38. The molecule has 1 aromatic heterocycles. The smallest absolute Gasteiger partial charge is 0.285 e. The van der Waals surface area contributed by atoms with E-state index in [0.717, 1.165) is 16.5 Å². The molecule has 106 valence electrons. The number of para-hydroxylation sites is 1. The van der Waals surface area contributed by atoms with Crippen LogP contribution in [0.1, 0.15) is 5.56 Å². The van der Waals surface area contributed by atoms with Gasteiger partial charge in [-0.15, -0.1) is 0 Å². The fraction of sp³-hybridized carbons (Fsp3) is 0.0667. The van der Waals surface area contributed by atoms with Crippen molar-refractivity contribution in [3.05, 3.63) is 68.8 Å². The molecule has 0 aliphatic rings. The summed E-state index contributed by atoms with van der Waals surface area (Å²) in [6.07, 6.45) is 1.90. The van der Waals surface area contributed by atoms with Gasteiger partial charge in [-0.3, -0.25) is 10.1 Å². The van der Waals surface area contributed by atoms with Crippen LogP contribution in [0.4, 0.5) is 11.4 Å². The number of nitro groups is 1. The van der Waals surface area contributed by atoms with Crippen molar-refractivity contribution in [2.24, 2.45) is 0 Å². The van der Waals surface area contributed by atoms with Gasteiger partial charge in [-0.1, -0.05) is 18.2 Å². The topological polar surface area (TPSA) is 71.0 Å². The van der Waals surface area contributed by atoms with Gasteiger partial charge < -0.3 is 10.3 Å². The Morgan fingerprint density at radius 1 is 1.24 bits per heavy atom. The van der Waals surface area contributed by atoms with Crippen LogP contribution in [0.3, 0.4) is 0 Å². The summed E-state index contributed by atoms with van der Waals surface area (Å²) in [5.74, 6) is 0. The minimum absolute atomic E-state index is 0.0538. The molecule has 0 aliphatic carbocycles. The molecule has 21 heavy (non-hydrogen) atoms. The Balaban J connectivity index is 1.83. The van der Waals surface area contributed by atoms with Gasteiger partial charge in [-0.2, -0.15) is 0 Å². The fourth-order valence-electron chi connectivity index (χ4n) is 2.26. The van der Waals surface area contributed by atoms with Crippen LogP contribution in [0.2, 0.25) is 0 Å². The van der Waals surface area contributed by atoms with Gasteiger partial charge in [0.05, 0.1) is 14.9 Å². The van der Waals surface area contributed by atoms with Crippen LogP contribution < -0.4 is 5.32 Å². The lowest BCUT2D eigenvalue weighted by atomic mass is 10.1. The van der Waals surface area contributed by atoms with Crippen molar-refractivity contribution in [1.29, 1.82) is 0 Å². The zero-order valence-electron chi connectivity index (χ0n) is 11.0. The molecule has 0 bridgehead atoms. The molecule has 3 rings (SSSR count). The number of hydrogen-bond donors (Lipinski definition) is 2. The molecule has 0 aliphatic heterocycles. The highest BCUT2D eigenvalue weighted by Crippen LogP contribution is 2.28. The van der Waals surface area contributed by atoms with Crippen molar-refractivity contribution in [2.45, 2.75) is 6.54 Å². The molecule has 6 heteroatoms. The number of nitrogens with one attached hydrogen (secondary N) is 2. The molecule has 0 unspecified atom stereocenters. The first-order chi connectivity index (χ1) is 10.1. The predicted octanol–water partition coefficient (Wildman–Crippen LogP) is 4.45. The zero-order valence-corrected chi connectivity index (χ0v) is 12.6. The van der Waals surface area contributed by atoms with Gasteiger partial charge in [0.25, 0.3) is 5.69 Å². The quantitative estimate of drug-likeness (QED) is 0.542. The molecule has 3 aromatic rings. The Kier molecular flexibility index (Phi) is 3.62. The second kappa shape index (κ2) is 5.57. The number of nitro benzene ring substituents is 1. The van der Waals surface area contributed by atoms with E-state index in [1.165, 1.54) is 6.07 Å². The third-order valence-electron chi connectivity index (χ3n) is 3.30. The maximum Gasteiger partial charge on any atom is 0.285 e. The number of H-pyrrole nitrogens is 1. The van der Waals surface area contributed by atoms with Crippen LogP contribution in [0.15, 0.2) is 53.1 Å². The predicted molar refractivity (Wildman–Crippen MR) is 86.4 cm³/mol. The molecule has 0 atom stereocenters. The second-order valence-electron chi connectivity index (χ2n) is 4.64. The summed E-state index contributed by atoms with van der Waals surface area (Å²) in [6, 6.07) is 13.1. The van der Waals surface area contributed by atoms with Crippen LogP contribution in [-0.4, -0.2) is 9.91 Å². The highest BCUT2D eigenvalue weighted by molar-refractivity contribution is 9.10. The Labute approximate surface area is 129 Å². The number of benzene rings is 2. The monoisotopic (exact) mass is 345 g/mol. The number of aromatic nitrogens is 1. The van der Waals surface area contributed by atoms with E-state index in [2.05, 4.69) is 26.2 Å². The van der Waals surface area contributed by atoms with Gasteiger partial charge >= 0.3 is 0 Å². The molecule has 5 nitrogen and oxygen atoms in total. The van der Waals surface area contributed by atoms with Crippen molar-refractivity contribution in [3.8, 4) is 0 Å². The van der Waals surface area contributed by atoms with Crippen LogP contribution in [0.25, 0.3) is 10.9 Å². The van der Waals surface area contributed by atoms with Gasteiger partial charge in [-0.25, -0.2) is 0 Å². The molecule has 0 spiro atoms. The molecule has 0 amide bonds. The molecule has 0 saturated heterocycles. The third-order valence-corrected chi connectivity index (χ3v) is 3.97. The molecule has 2 N–H and O–H groups in total. The maximum atomic E-state index is 10.9. The lowest BCUT2D eigenvalue weighted by Crippen LogP contribution is -2.01. The van der Waals surface area contributed by atoms with Gasteiger partial charge in [0.1, 0.15) is 0 Å². The van der Waals surface area contributed by atoms with E-state index in [4.69, 9.17) is 0 Å². The number of rotatable bonds is 4. The first-order valence-corrected chi connectivity index (χ1v) is 7.17.